The van der Waals surface area contributed by atoms with Crippen LogP contribution in [0.3, 0.4) is 0 Å². The second-order valence-corrected chi connectivity index (χ2v) is 6.08. The van der Waals surface area contributed by atoms with Gasteiger partial charge in [-0.1, -0.05) is 37.3 Å². The Labute approximate surface area is 153 Å². The molecule has 0 aliphatic carbocycles. The number of ketones is 1. The van der Waals surface area contributed by atoms with E-state index in [2.05, 4.69) is 17.6 Å². The Hall–Kier alpha value is -2.95. The van der Waals surface area contributed by atoms with Crippen molar-refractivity contribution in [1.82, 2.24) is 5.32 Å². The van der Waals surface area contributed by atoms with Gasteiger partial charge in [-0.2, -0.15) is 0 Å². The number of rotatable bonds is 7. The van der Waals surface area contributed by atoms with Crippen LogP contribution in [0.1, 0.15) is 51.6 Å². The molecule has 5 nitrogen and oxygen atoms in total. The summed E-state index contributed by atoms with van der Waals surface area (Å²) in [5.74, 6) is -0.511. The Morgan fingerprint density at radius 3 is 2.27 bits per heavy atom. The highest BCUT2D eigenvalue weighted by molar-refractivity contribution is 6.01. The van der Waals surface area contributed by atoms with Crippen LogP contribution in [0.2, 0.25) is 0 Å². The summed E-state index contributed by atoms with van der Waals surface area (Å²) in [5.41, 5.74) is 3.58. The van der Waals surface area contributed by atoms with E-state index in [0.717, 1.165) is 6.42 Å². The van der Waals surface area contributed by atoms with E-state index in [1.165, 1.54) is 5.56 Å². The fourth-order valence-corrected chi connectivity index (χ4v) is 2.66. The van der Waals surface area contributed by atoms with Crippen molar-refractivity contribution in [2.24, 2.45) is 0 Å². The van der Waals surface area contributed by atoms with Gasteiger partial charge < -0.3 is 10.6 Å². The SMILES string of the molecule is CCc1ccc(C(=O)CCC(=O)Nc2cccc(C(=O)NC)c2C)cc1. The van der Waals surface area contributed by atoms with Crippen LogP contribution in [0, 0.1) is 6.92 Å². The molecule has 2 amide bonds. The standard InChI is InChI=1S/C21H24N2O3/c1-4-15-8-10-16(11-9-15)19(24)12-13-20(25)23-18-7-5-6-17(14(18)2)21(26)22-3/h5-11H,4,12-13H2,1-3H3,(H,22,26)(H,23,25). The molecule has 2 rings (SSSR count). The summed E-state index contributed by atoms with van der Waals surface area (Å²) in [7, 11) is 1.56. The molecule has 0 aliphatic heterocycles. The van der Waals surface area contributed by atoms with Crippen LogP contribution < -0.4 is 10.6 Å². The number of Topliss-reactive ketones (excluding diaryl/α,β-unsaturated/α-hetero) is 1. The predicted octanol–water partition coefficient (Wildman–Crippen LogP) is 3.52. The second-order valence-electron chi connectivity index (χ2n) is 6.08. The van der Waals surface area contributed by atoms with Gasteiger partial charge in [-0.05, 0) is 36.6 Å². The van der Waals surface area contributed by atoms with Crippen LogP contribution in [-0.4, -0.2) is 24.6 Å². The molecule has 0 aromatic heterocycles. The highest BCUT2D eigenvalue weighted by Gasteiger charge is 2.13. The molecule has 0 spiro atoms. The van der Waals surface area contributed by atoms with Crippen LogP contribution >= 0.6 is 0 Å². The van der Waals surface area contributed by atoms with Crippen molar-refractivity contribution >= 4 is 23.3 Å². The molecule has 0 bridgehead atoms. The van der Waals surface area contributed by atoms with Gasteiger partial charge in [0.25, 0.3) is 5.91 Å². The van der Waals surface area contributed by atoms with Crippen molar-refractivity contribution in [3.63, 3.8) is 0 Å². The quantitative estimate of drug-likeness (QED) is 0.749. The molecule has 26 heavy (non-hydrogen) atoms. The van der Waals surface area contributed by atoms with Crippen LogP contribution in [0.25, 0.3) is 0 Å². The number of hydrogen-bond acceptors (Lipinski definition) is 3. The minimum absolute atomic E-state index is 0.0568. The zero-order valence-corrected chi connectivity index (χ0v) is 15.4. The molecule has 0 unspecified atom stereocenters. The van der Waals surface area contributed by atoms with Gasteiger partial charge in [-0.3, -0.25) is 14.4 Å². The highest BCUT2D eigenvalue weighted by atomic mass is 16.2. The Balaban J connectivity index is 1.96. The topological polar surface area (TPSA) is 75.3 Å². The van der Waals surface area contributed by atoms with Gasteiger partial charge in [0.2, 0.25) is 5.91 Å². The molecule has 2 N–H and O–H groups in total. The summed E-state index contributed by atoms with van der Waals surface area (Å²) in [6.45, 7) is 3.84. The summed E-state index contributed by atoms with van der Waals surface area (Å²) in [6, 6.07) is 12.6. The van der Waals surface area contributed by atoms with E-state index in [9.17, 15) is 14.4 Å². The van der Waals surface area contributed by atoms with Crippen molar-refractivity contribution in [3.8, 4) is 0 Å². The third-order valence-corrected chi connectivity index (χ3v) is 4.34. The molecular weight excluding hydrogens is 328 g/mol. The first-order valence-corrected chi connectivity index (χ1v) is 8.70. The first-order valence-electron chi connectivity index (χ1n) is 8.70. The lowest BCUT2D eigenvalue weighted by atomic mass is 10.0. The zero-order chi connectivity index (χ0) is 19.1. The number of benzene rings is 2. The fraction of sp³-hybridized carbons (Fsp3) is 0.286. The highest BCUT2D eigenvalue weighted by Crippen LogP contribution is 2.19. The second kappa shape index (κ2) is 8.94. The molecule has 0 heterocycles. The molecule has 0 atom stereocenters. The number of aryl methyl sites for hydroxylation is 1. The molecule has 136 valence electrons. The predicted molar refractivity (Wildman–Crippen MR) is 103 cm³/mol. The van der Waals surface area contributed by atoms with Gasteiger partial charge in [0.15, 0.2) is 5.78 Å². The minimum Gasteiger partial charge on any atom is -0.355 e. The van der Waals surface area contributed by atoms with Gasteiger partial charge >= 0.3 is 0 Å². The van der Waals surface area contributed by atoms with Crippen LogP contribution in [0.4, 0.5) is 5.69 Å². The maximum absolute atomic E-state index is 12.2. The third kappa shape index (κ3) is 4.79. The molecule has 0 aliphatic rings. The number of hydrogen-bond donors (Lipinski definition) is 2. The van der Waals surface area contributed by atoms with Crippen molar-refractivity contribution in [1.29, 1.82) is 0 Å². The van der Waals surface area contributed by atoms with E-state index in [0.29, 0.717) is 22.4 Å². The Kier molecular flexibility index (Phi) is 6.67. The average molecular weight is 352 g/mol. The first-order chi connectivity index (χ1) is 12.5. The van der Waals surface area contributed by atoms with Gasteiger partial charge in [0.1, 0.15) is 0 Å². The molecule has 2 aromatic rings. The smallest absolute Gasteiger partial charge is 0.251 e. The molecule has 5 heteroatoms. The lowest BCUT2D eigenvalue weighted by molar-refractivity contribution is -0.116. The normalized spacial score (nSPS) is 10.3. The Morgan fingerprint density at radius 2 is 1.65 bits per heavy atom. The summed E-state index contributed by atoms with van der Waals surface area (Å²) in [5, 5.41) is 5.36. The number of carbonyl (C=O) groups is 3. The Bertz CT molecular complexity index is 811. The van der Waals surface area contributed by atoms with Crippen LogP contribution in [-0.2, 0) is 11.2 Å². The monoisotopic (exact) mass is 352 g/mol. The number of amides is 2. The molecule has 0 saturated heterocycles. The van der Waals surface area contributed by atoms with E-state index in [-0.39, 0.29) is 30.4 Å². The molecule has 2 aromatic carbocycles. The summed E-state index contributed by atoms with van der Waals surface area (Å²) in [4.78, 5) is 36.2. The largest absolute Gasteiger partial charge is 0.355 e. The van der Waals surface area contributed by atoms with Gasteiger partial charge in [-0.15, -0.1) is 0 Å². The third-order valence-electron chi connectivity index (χ3n) is 4.34. The molecule has 0 saturated carbocycles. The maximum atomic E-state index is 12.2. The van der Waals surface area contributed by atoms with E-state index >= 15 is 0 Å². The van der Waals surface area contributed by atoms with Crippen molar-refractivity contribution < 1.29 is 14.4 Å². The lowest BCUT2D eigenvalue weighted by Gasteiger charge is -2.11. The van der Waals surface area contributed by atoms with E-state index in [1.807, 2.05) is 12.1 Å². The van der Waals surface area contributed by atoms with Crippen LogP contribution in [0.15, 0.2) is 42.5 Å². The zero-order valence-electron chi connectivity index (χ0n) is 15.4. The average Bonchev–Trinajstić information content (AvgIpc) is 2.67. The maximum Gasteiger partial charge on any atom is 0.251 e. The van der Waals surface area contributed by atoms with E-state index in [1.54, 1.807) is 44.3 Å². The molecular formula is C21H24N2O3. The van der Waals surface area contributed by atoms with Gasteiger partial charge in [0, 0.05) is 36.7 Å². The summed E-state index contributed by atoms with van der Waals surface area (Å²) in [6.07, 6.45) is 1.16. The minimum atomic E-state index is -0.249. The summed E-state index contributed by atoms with van der Waals surface area (Å²) >= 11 is 0. The molecule has 0 fully saturated rings. The number of nitrogens with one attached hydrogen (secondary N) is 2. The number of anilines is 1. The van der Waals surface area contributed by atoms with Crippen molar-refractivity contribution in [2.75, 3.05) is 12.4 Å². The van der Waals surface area contributed by atoms with Crippen molar-refractivity contribution in [2.45, 2.75) is 33.1 Å². The first kappa shape index (κ1) is 19.4. The summed E-state index contributed by atoms with van der Waals surface area (Å²) < 4.78 is 0. The van der Waals surface area contributed by atoms with Gasteiger partial charge in [-0.25, -0.2) is 0 Å². The van der Waals surface area contributed by atoms with Gasteiger partial charge in [0.05, 0.1) is 0 Å². The van der Waals surface area contributed by atoms with Crippen molar-refractivity contribution in [3.05, 3.63) is 64.7 Å². The van der Waals surface area contributed by atoms with E-state index < -0.39 is 0 Å². The lowest BCUT2D eigenvalue weighted by Crippen LogP contribution is -2.20. The fourth-order valence-electron chi connectivity index (χ4n) is 2.66. The molecule has 0 radical (unpaired) electrons. The van der Waals surface area contributed by atoms with E-state index in [4.69, 9.17) is 0 Å². The number of carbonyl (C=O) groups excluding carboxylic acids is 3. The Morgan fingerprint density at radius 1 is 0.962 bits per heavy atom. The van der Waals surface area contributed by atoms with Crippen LogP contribution in [0.5, 0.6) is 0 Å².